The number of hydrogen-bond acceptors (Lipinski definition) is 2. The lowest BCUT2D eigenvalue weighted by atomic mass is 9.86. The Hall–Kier alpha value is -1.29. The molecule has 2 unspecified atom stereocenters. The molecule has 1 aromatic carbocycles. The van der Waals surface area contributed by atoms with E-state index in [2.05, 4.69) is 17.6 Å². The molecule has 0 heterocycles. The third-order valence-electron chi connectivity index (χ3n) is 3.83. The Morgan fingerprint density at radius 2 is 2.15 bits per heavy atom. The van der Waals surface area contributed by atoms with E-state index < -0.39 is 5.82 Å². The van der Waals surface area contributed by atoms with Crippen LogP contribution < -0.4 is 10.6 Å². The zero-order valence-corrected chi connectivity index (χ0v) is 12.3. The van der Waals surface area contributed by atoms with Gasteiger partial charge in [0.1, 0.15) is 5.82 Å². The first-order chi connectivity index (χ1) is 9.56. The average Bonchev–Trinajstić information content (AvgIpc) is 2.40. The van der Waals surface area contributed by atoms with E-state index in [9.17, 15) is 9.18 Å². The van der Waals surface area contributed by atoms with Crippen molar-refractivity contribution in [2.24, 2.45) is 5.92 Å². The summed E-state index contributed by atoms with van der Waals surface area (Å²) < 4.78 is 13.5. The van der Waals surface area contributed by atoms with E-state index in [1.165, 1.54) is 18.6 Å². The summed E-state index contributed by atoms with van der Waals surface area (Å²) in [6, 6.07) is 4.60. The molecule has 1 fully saturated rings. The normalized spacial score (nSPS) is 22.4. The third-order valence-corrected chi connectivity index (χ3v) is 4.06. The Labute approximate surface area is 123 Å². The van der Waals surface area contributed by atoms with E-state index in [1.807, 2.05) is 0 Å². The summed E-state index contributed by atoms with van der Waals surface area (Å²) in [5, 5.41) is 6.16. The lowest BCUT2D eigenvalue weighted by Crippen LogP contribution is -2.43. The number of halogens is 2. The van der Waals surface area contributed by atoms with Crippen molar-refractivity contribution in [2.75, 3.05) is 11.9 Å². The standard InChI is InChI=1S/C15H20ClFN2O/c1-10-4-2-3-5-13(10)19-15(20)9-18-14-7-6-11(16)8-12(14)17/h6-8,10,13,18H,2-5,9H2,1H3,(H,19,20). The third kappa shape index (κ3) is 4.10. The molecular weight excluding hydrogens is 279 g/mol. The minimum atomic E-state index is -0.448. The predicted octanol–water partition coefficient (Wildman–Crippen LogP) is 3.59. The van der Waals surface area contributed by atoms with Crippen LogP contribution in [0.15, 0.2) is 18.2 Å². The summed E-state index contributed by atoms with van der Waals surface area (Å²) in [5.74, 6) is -0.0330. The Morgan fingerprint density at radius 3 is 2.85 bits per heavy atom. The number of carbonyl (C=O) groups is 1. The molecule has 2 N–H and O–H groups in total. The molecule has 3 nitrogen and oxygen atoms in total. The molecule has 0 radical (unpaired) electrons. The highest BCUT2D eigenvalue weighted by Gasteiger charge is 2.22. The molecule has 2 rings (SSSR count). The van der Waals surface area contributed by atoms with Gasteiger partial charge in [0.25, 0.3) is 0 Å². The summed E-state index contributed by atoms with van der Waals surface area (Å²) in [6.07, 6.45) is 4.59. The fourth-order valence-corrected chi connectivity index (χ4v) is 2.76. The topological polar surface area (TPSA) is 41.1 Å². The van der Waals surface area contributed by atoms with Crippen LogP contribution in [0.1, 0.15) is 32.6 Å². The van der Waals surface area contributed by atoms with Gasteiger partial charge in [-0.25, -0.2) is 4.39 Å². The van der Waals surface area contributed by atoms with Crippen LogP contribution in [0.3, 0.4) is 0 Å². The van der Waals surface area contributed by atoms with Crippen molar-refractivity contribution < 1.29 is 9.18 Å². The maximum atomic E-state index is 13.5. The second-order valence-corrected chi connectivity index (χ2v) is 5.85. The maximum absolute atomic E-state index is 13.5. The molecule has 1 aromatic rings. The SMILES string of the molecule is CC1CCCCC1NC(=O)CNc1ccc(Cl)cc1F. The zero-order chi connectivity index (χ0) is 14.5. The number of hydrogen-bond donors (Lipinski definition) is 2. The van der Waals surface area contributed by atoms with Gasteiger partial charge in [0.2, 0.25) is 5.91 Å². The van der Waals surface area contributed by atoms with Gasteiger partial charge in [-0.3, -0.25) is 4.79 Å². The van der Waals surface area contributed by atoms with Crippen molar-refractivity contribution in [1.29, 1.82) is 0 Å². The summed E-state index contributed by atoms with van der Waals surface area (Å²) in [4.78, 5) is 11.9. The molecule has 0 aliphatic heterocycles. The molecule has 1 amide bonds. The van der Waals surface area contributed by atoms with E-state index in [0.29, 0.717) is 16.6 Å². The van der Waals surface area contributed by atoms with Crippen LogP contribution in [0.25, 0.3) is 0 Å². The molecule has 1 aliphatic carbocycles. The molecule has 0 saturated heterocycles. The largest absolute Gasteiger partial charge is 0.374 e. The fraction of sp³-hybridized carbons (Fsp3) is 0.533. The van der Waals surface area contributed by atoms with Crippen molar-refractivity contribution in [3.8, 4) is 0 Å². The quantitative estimate of drug-likeness (QED) is 0.892. The number of rotatable bonds is 4. The predicted molar refractivity (Wildman–Crippen MR) is 79.5 cm³/mol. The Bertz CT molecular complexity index is 481. The smallest absolute Gasteiger partial charge is 0.239 e. The zero-order valence-electron chi connectivity index (χ0n) is 11.6. The Kier molecular flexibility index (Phi) is 5.24. The van der Waals surface area contributed by atoms with Crippen LogP contribution in [-0.4, -0.2) is 18.5 Å². The molecule has 0 spiro atoms. The summed E-state index contributed by atoms with van der Waals surface area (Å²) in [5.41, 5.74) is 0.293. The van der Waals surface area contributed by atoms with Crippen molar-refractivity contribution in [3.63, 3.8) is 0 Å². The molecule has 5 heteroatoms. The second-order valence-electron chi connectivity index (χ2n) is 5.41. The van der Waals surface area contributed by atoms with Crippen molar-refractivity contribution in [2.45, 2.75) is 38.6 Å². The van der Waals surface area contributed by atoms with Crippen LogP contribution >= 0.6 is 11.6 Å². The maximum Gasteiger partial charge on any atom is 0.239 e. The number of nitrogens with one attached hydrogen (secondary N) is 2. The van der Waals surface area contributed by atoms with Crippen LogP contribution in [0.5, 0.6) is 0 Å². The first-order valence-electron chi connectivity index (χ1n) is 7.04. The minimum Gasteiger partial charge on any atom is -0.374 e. The van der Waals surface area contributed by atoms with Gasteiger partial charge in [0, 0.05) is 11.1 Å². The number of carbonyl (C=O) groups excluding carboxylic acids is 1. The van der Waals surface area contributed by atoms with Gasteiger partial charge in [-0.05, 0) is 37.0 Å². The van der Waals surface area contributed by atoms with E-state index in [-0.39, 0.29) is 18.5 Å². The summed E-state index contributed by atoms with van der Waals surface area (Å²) in [7, 11) is 0. The molecule has 2 atom stereocenters. The molecule has 110 valence electrons. The van der Waals surface area contributed by atoms with E-state index in [0.717, 1.165) is 19.3 Å². The van der Waals surface area contributed by atoms with Crippen LogP contribution in [0, 0.1) is 11.7 Å². The molecule has 1 aliphatic rings. The first-order valence-corrected chi connectivity index (χ1v) is 7.42. The average molecular weight is 299 g/mol. The molecular formula is C15H20ClFN2O. The Balaban J connectivity index is 1.82. The summed E-state index contributed by atoms with van der Waals surface area (Å²) >= 11 is 5.68. The van der Waals surface area contributed by atoms with Gasteiger partial charge in [0.05, 0.1) is 12.2 Å². The molecule has 0 aromatic heterocycles. The van der Waals surface area contributed by atoms with E-state index in [4.69, 9.17) is 11.6 Å². The van der Waals surface area contributed by atoms with Gasteiger partial charge in [-0.2, -0.15) is 0 Å². The van der Waals surface area contributed by atoms with Gasteiger partial charge in [0.15, 0.2) is 0 Å². The first kappa shape index (κ1) is 15.1. The minimum absolute atomic E-state index is 0.0712. The molecule has 20 heavy (non-hydrogen) atoms. The highest BCUT2D eigenvalue weighted by atomic mass is 35.5. The van der Waals surface area contributed by atoms with E-state index in [1.54, 1.807) is 6.07 Å². The second kappa shape index (κ2) is 6.93. The number of anilines is 1. The van der Waals surface area contributed by atoms with Gasteiger partial charge in [-0.15, -0.1) is 0 Å². The summed E-state index contributed by atoms with van der Waals surface area (Å²) in [6.45, 7) is 2.23. The number of benzene rings is 1. The van der Waals surface area contributed by atoms with Gasteiger partial charge < -0.3 is 10.6 Å². The monoisotopic (exact) mass is 298 g/mol. The highest BCUT2D eigenvalue weighted by molar-refractivity contribution is 6.30. The Morgan fingerprint density at radius 1 is 1.40 bits per heavy atom. The molecule has 0 bridgehead atoms. The number of amides is 1. The van der Waals surface area contributed by atoms with Crippen LogP contribution in [0.2, 0.25) is 5.02 Å². The van der Waals surface area contributed by atoms with E-state index >= 15 is 0 Å². The fourth-order valence-electron chi connectivity index (χ4n) is 2.60. The van der Waals surface area contributed by atoms with Crippen LogP contribution in [0.4, 0.5) is 10.1 Å². The van der Waals surface area contributed by atoms with Crippen LogP contribution in [-0.2, 0) is 4.79 Å². The van der Waals surface area contributed by atoms with Crippen molar-refractivity contribution in [1.82, 2.24) is 5.32 Å². The van der Waals surface area contributed by atoms with Crippen molar-refractivity contribution >= 4 is 23.2 Å². The van der Waals surface area contributed by atoms with Gasteiger partial charge in [-0.1, -0.05) is 31.4 Å². The van der Waals surface area contributed by atoms with Gasteiger partial charge >= 0.3 is 0 Å². The lowest BCUT2D eigenvalue weighted by molar-refractivity contribution is -0.120. The highest BCUT2D eigenvalue weighted by Crippen LogP contribution is 2.23. The molecule has 1 saturated carbocycles. The lowest BCUT2D eigenvalue weighted by Gasteiger charge is -2.29. The van der Waals surface area contributed by atoms with Crippen molar-refractivity contribution in [3.05, 3.63) is 29.0 Å².